The molecular formula is C86H78N16O12. The molecule has 13 aromatic rings. The highest BCUT2D eigenvalue weighted by atomic mass is 16.3. The maximum absolute atomic E-state index is 13.9. The molecule has 16 rings (SSSR count). The van der Waals surface area contributed by atoms with Gasteiger partial charge in [-0.15, -0.1) is 10.2 Å². The molecule has 8 heterocycles. The van der Waals surface area contributed by atoms with Gasteiger partial charge in [-0.2, -0.15) is 15.3 Å². The molecule has 0 radical (unpaired) electrons. The number of Topliss-reactive ketones (excluding diaryl/α,β-unsaturated/α-hetero) is 1. The average Bonchev–Trinajstić information content (AvgIpc) is 1.07. The van der Waals surface area contributed by atoms with Crippen LogP contribution in [-0.4, -0.2) is 113 Å². The number of pyridine rings is 4. The van der Waals surface area contributed by atoms with Gasteiger partial charge in [-0.25, -0.2) is 25.5 Å². The number of hydrogen-bond acceptors (Lipinski definition) is 23. The third-order valence-electron chi connectivity index (χ3n) is 19.5. The van der Waals surface area contributed by atoms with E-state index in [0.717, 1.165) is 34.7 Å². The summed E-state index contributed by atoms with van der Waals surface area (Å²) >= 11 is 0. The molecule has 28 nitrogen and oxygen atoms in total. The van der Waals surface area contributed by atoms with E-state index in [-0.39, 0.29) is 86.4 Å². The zero-order valence-electron chi connectivity index (χ0n) is 62.5. The number of carbonyl (C=O) groups excluding carboxylic acids is 4. The highest BCUT2D eigenvalue weighted by Crippen LogP contribution is 2.55. The summed E-state index contributed by atoms with van der Waals surface area (Å²) < 4.78 is 1.66. The maximum Gasteiger partial charge on any atom is 0.301 e. The van der Waals surface area contributed by atoms with Gasteiger partial charge in [0, 0.05) is 57.8 Å². The molecule has 14 N–H and O–H groups in total. The largest absolute Gasteiger partial charge is 0.507 e. The number of nitrogens with one attached hydrogen (secondary N) is 1. The Labute approximate surface area is 652 Å². The Morgan fingerprint density at radius 1 is 0.430 bits per heavy atom. The van der Waals surface area contributed by atoms with Crippen molar-refractivity contribution in [3.05, 3.63) is 279 Å². The Kier molecular flexibility index (Phi) is 23.3. The lowest BCUT2D eigenvalue weighted by Crippen LogP contribution is -2.29. The molecule has 3 aliphatic heterocycles. The summed E-state index contributed by atoms with van der Waals surface area (Å²) in [4.78, 5) is 73.3. The summed E-state index contributed by atoms with van der Waals surface area (Å²) in [7, 11) is 0. The fourth-order valence-corrected chi connectivity index (χ4v) is 14.4. The van der Waals surface area contributed by atoms with Crippen molar-refractivity contribution in [1.29, 1.82) is 5.53 Å². The van der Waals surface area contributed by atoms with E-state index in [2.05, 4.69) is 57.1 Å². The van der Waals surface area contributed by atoms with Gasteiger partial charge >= 0.3 is 5.91 Å². The van der Waals surface area contributed by atoms with Gasteiger partial charge in [-0.05, 0) is 118 Å². The number of amides is 3. The SMILES string of the molecule is Cc1cc2c(C(C)C)c(O)c(O)c(/C=N/N=C3\C(=O)N(Cc4ccccc4)c4ncccc43)c2c(O)c1-c1c(C)cc2c(C(C)C)c(O)c(O)c(/C=N/N=C3/C(=O)N(Cc4ccccc4)c4ncccc43)c2c1O.N=Nc1c(O)n(Cc2ccccc2)c2ncccc12.NN.O.O=C1C(=O)N(Cc2ccccc2)c2ncccc21. The highest BCUT2D eigenvalue weighted by molar-refractivity contribution is 6.55. The minimum atomic E-state index is -0.607. The van der Waals surface area contributed by atoms with E-state index in [0.29, 0.717) is 91.3 Å². The van der Waals surface area contributed by atoms with Crippen molar-refractivity contribution in [3.8, 4) is 51.5 Å². The molecule has 0 saturated carbocycles. The van der Waals surface area contributed by atoms with Crippen molar-refractivity contribution in [2.75, 3.05) is 14.7 Å². The van der Waals surface area contributed by atoms with Crippen LogP contribution >= 0.6 is 0 Å². The summed E-state index contributed by atoms with van der Waals surface area (Å²) in [6.45, 7) is 12.1. The number of aromatic nitrogens is 5. The van der Waals surface area contributed by atoms with E-state index in [4.69, 9.17) is 5.53 Å². The minimum absolute atomic E-state index is 0. The van der Waals surface area contributed by atoms with Crippen LogP contribution in [0.2, 0.25) is 0 Å². The second-order valence-electron chi connectivity index (χ2n) is 27.2. The summed E-state index contributed by atoms with van der Waals surface area (Å²) in [5, 5.41) is 105. The number of hydrogen-bond donors (Lipinski definition) is 10. The van der Waals surface area contributed by atoms with Crippen LogP contribution in [-0.2, 0) is 40.6 Å². The summed E-state index contributed by atoms with van der Waals surface area (Å²) in [6, 6.07) is 55.3. The van der Waals surface area contributed by atoms with Crippen LogP contribution in [0.25, 0.3) is 43.7 Å². The Bertz CT molecular complexity index is 5810. The Balaban J connectivity index is 0.000000242. The molecule has 0 aliphatic carbocycles. The Morgan fingerprint density at radius 3 is 1.17 bits per heavy atom. The molecular weight excluding hydrogens is 1450 g/mol. The van der Waals surface area contributed by atoms with Crippen molar-refractivity contribution < 1.29 is 60.4 Å². The lowest BCUT2D eigenvalue weighted by atomic mass is 9.83. The number of aromatic hydroxyl groups is 7. The number of ketones is 1. The number of anilines is 3. The summed E-state index contributed by atoms with van der Waals surface area (Å²) in [6.07, 6.45) is 8.71. The standard InChI is InChI=1S/C58H50N8O8.C14H12N4O.C14H10N2O2.H4N2.H2O/c1-29(2)41-37-23-31(5)43(51(69)45(37)39(49(67)53(41)71)25-61-63-47-35-19-13-21-59-55(35)65(57(47)73)27-33-15-9-7-10-16-33)44-32(6)24-38-42(30(3)4)54(72)50(68)40(46(38)52(44)70)26-62-64-48-36-20-14-22-60-56(36)66(58(48)74)28-34-17-11-8-12-18-34;15-17-12-11-7-4-8-16-13(11)18(14(12)19)9-10-5-2-1-3-6-10;17-12-11-7-4-8-15-13(11)16(14(12)18)9-10-5-2-1-3-6-10;1-2;/h7-26,29-30,67-72H,27-28H2,1-6H3;1-8,15,19H,9H2;1-8H,9H2;1-2H2;1H2/b61-25+,62-26+,63-47-,64-48+;;;;. The van der Waals surface area contributed by atoms with Gasteiger partial charge in [-0.1, -0.05) is 161 Å². The minimum Gasteiger partial charge on any atom is -0.507 e. The predicted molar refractivity (Wildman–Crippen MR) is 436 cm³/mol. The number of phenols is 6. The molecule has 0 bridgehead atoms. The van der Waals surface area contributed by atoms with Crippen LogP contribution < -0.4 is 26.4 Å². The van der Waals surface area contributed by atoms with Crippen molar-refractivity contribution in [3.63, 3.8) is 0 Å². The molecule has 5 aromatic heterocycles. The van der Waals surface area contributed by atoms with Gasteiger partial charge in [0.05, 0.1) is 71.8 Å². The van der Waals surface area contributed by atoms with Gasteiger partial charge in [0.15, 0.2) is 40.1 Å². The third-order valence-corrected chi connectivity index (χ3v) is 19.5. The molecule has 3 amide bonds. The number of nitrogens with zero attached hydrogens (tertiary/aromatic N) is 13. The number of nitrogens with two attached hydrogens (primary N) is 2. The van der Waals surface area contributed by atoms with E-state index in [1.165, 1.54) is 14.7 Å². The van der Waals surface area contributed by atoms with Crippen LogP contribution in [0.15, 0.2) is 232 Å². The molecule has 0 spiro atoms. The van der Waals surface area contributed by atoms with Gasteiger partial charge in [0.1, 0.15) is 34.6 Å². The molecule has 3 aliphatic rings. The number of aryl methyl sites for hydroxylation is 2. The van der Waals surface area contributed by atoms with Crippen LogP contribution in [0.3, 0.4) is 0 Å². The first kappa shape index (κ1) is 78.8. The first-order valence-electron chi connectivity index (χ1n) is 35.8. The number of fused-ring (bicyclic) bond motifs is 6. The molecule has 28 heteroatoms. The number of carbonyl (C=O) groups is 4. The zero-order chi connectivity index (χ0) is 80.1. The molecule has 0 unspecified atom stereocenters. The fraction of sp³-hybridized carbons (Fsp3) is 0.140. The first-order valence-corrected chi connectivity index (χ1v) is 35.8. The quantitative estimate of drug-likeness (QED) is 0.0107. The third kappa shape index (κ3) is 14.7. The van der Waals surface area contributed by atoms with E-state index >= 15 is 0 Å². The second kappa shape index (κ2) is 33.6. The maximum atomic E-state index is 13.9. The number of benzene rings is 8. The van der Waals surface area contributed by atoms with Crippen LogP contribution in [0.5, 0.6) is 40.4 Å². The number of phenolic OH excluding ortho intramolecular Hbond substituents is 6. The van der Waals surface area contributed by atoms with Crippen LogP contribution in [0.4, 0.5) is 23.1 Å². The zero-order valence-corrected chi connectivity index (χ0v) is 62.5. The number of hydrazine groups is 1. The molecule has 0 fully saturated rings. The van der Waals surface area contributed by atoms with Crippen LogP contribution in [0, 0.1) is 19.4 Å². The van der Waals surface area contributed by atoms with Gasteiger partial charge in [-0.3, -0.25) is 50.1 Å². The summed E-state index contributed by atoms with van der Waals surface area (Å²) in [5.41, 5.74) is 14.7. The van der Waals surface area contributed by atoms with Crippen molar-refractivity contribution in [2.24, 2.45) is 37.2 Å². The van der Waals surface area contributed by atoms with Crippen LogP contribution in [0.1, 0.15) is 117 Å². The van der Waals surface area contributed by atoms with E-state index in [1.807, 2.05) is 149 Å². The van der Waals surface area contributed by atoms with E-state index in [1.54, 1.807) is 104 Å². The van der Waals surface area contributed by atoms with Gasteiger partial charge < -0.3 is 41.2 Å². The van der Waals surface area contributed by atoms with Crippen molar-refractivity contribution in [1.82, 2.24) is 24.5 Å². The monoisotopic (exact) mass is 1530 g/mol. The van der Waals surface area contributed by atoms with E-state index < -0.39 is 58.0 Å². The molecule has 0 saturated heterocycles. The molecule has 574 valence electrons. The average molecular weight is 1530 g/mol. The lowest BCUT2D eigenvalue weighted by Gasteiger charge is -2.23. The number of rotatable bonds is 16. The fourth-order valence-electron chi connectivity index (χ4n) is 14.4. The smallest absolute Gasteiger partial charge is 0.301 e. The highest BCUT2D eigenvalue weighted by Gasteiger charge is 2.39. The summed E-state index contributed by atoms with van der Waals surface area (Å²) in [5.74, 6) is 3.73. The molecule has 0 atom stereocenters. The lowest BCUT2D eigenvalue weighted by molar-refractivity contribution is -0.114. The van der Waals surface area contributed by atoms with Gasteiger partial charge in [0.25, 0.3) is 17.6 Å². The molecule has 8 aromatic carbocycles. The van der Waals surface area contributed by atoms with Crippen molar-refractivity contribution in [2.45, 2.75) is 79.6 Å². The second-order valence-corrected chi connectivity index (χ2v) is 27.2. The van der Waals surface area contributed by atoms with E-state index in [9.17, 15) is 54.9 Å². The first-order chi connectivity index (χ1) is 54.7. The predicted octanol–water partition coefficient (Wildman–Crippen LogP) is 13.5. The van der Waals surface area contributed by atoms with Crippen molar-refractivity contribution >= 4 is 103 Å². The molecule has 114 heavy (non-hydrogen) atoms. The topological polar surface area (TPSA) is 445 Å². The Morgan fingerprint density at radius 2 is 0.781 bits per heavy atom. The van der Waals surface area contributed by atoms with Gasteiger partial charge in [0.2, 0.25) is 5.88 Å². The normalized spacial score (nSPS) is 13.6. The Hall–Kier alpha value is -14.7.